The molecule has 2 nitrogen and oxygen atoms in total. The first kappa shape index (κ1) is 14.2. The van der Waals surface area contributed by atoms with Crippen LogP contribution >= 0.6 is 12.4 Å². The van der Waals surface area contributed by atoms with E-state index < -0.39 is 0 Å². The average molecular weight is 228 g/mol. The SMILES string of the molecule is COCCNC/C=C/c1ccccc1.Cl. The van der Waals surface area contributed by atoms with E-state index in [1.165, 1.54) is 5.56 Å². The first-order valence-electron chi connectivity index (χ1n) is 4.84. The van der Waals surface area contributed by atoms with Gasteiger partial charge in [0.25, 0.3) is 0 Å². The van der Waals surface area contributed by atoms with Gasteiger partial charge >= 0.3 is 0 Å². The van der Waals surface area contributed by atoms with E-state index in [2.05, 4.69) is 29.6 Å². The van der Waals surface area contributed by atoms with Crippen molar-refractivity contribution < 1.29 is 4.74 Å². The van der Waals surface area contributed by atoms with Gasteiger partial charge in [-0.3, -0.25) is 0 Å². The monoisotopic (exact) mass is 227 g/mol. The van der Waals surface area contributed by atoms with Gasteiger partial charge in [-0.05, 0) is 5.56 Å². The highest BCUT2D eigenvalue weighted by Crippen LogP contribution is 1.99. The fraction of sp³-hybridized carbons (Fsp3) is 0.333. The first-order valence-corrected chi connectivity index (χ1v) is 4.84. The highest BCUT2D eigenvalue weighted by atomic mass is 35.5. The van der Waals surface area contributed by atoms with Crippen LogP contribution in [0.1, 0.15) is 5.56 Å². The van der Waals surface area contributed by atoms with E-state index in [-0.39, 0.29) is 12.4 Å². The molecule has 1 aromatic rings. The van der Waals surface area contributed by atoms with Gasteiger partial charge in [-0.25, -0.2) is 0 Å². The fourth-order valence-electron chi connectivity index (χ4n) is 1.12. The Kier molecular flexibility index (Phi) is 9.18. The van der Waals surface area contributed by atoms with Gasteiger partial charge in [-0.2, -0.15) is 0 Å². The second-order valence-electron chi connectivity index (χ2n) is 3.01. The van der Waals surface area contributed by atoms with Crippen LogP contribution in [-0.2, 0) is 4.74 Å². The number of nitrogens with one attached hydrogen (secondary N) is 1. The standard InChI is InChI=1S/C12H17NO.ClH/c1-14-11-10-13-9-5-8-12-6-3-2-4-7-12;/h2-8,13H,9-11H2,1H3;1H/b8-5+;. The van der Waals surface area contributed by atoms with Crippen LogP contribution in [0.3, 0.4) is 0 Å². The van der Waals surface area contributed by atoms with E-state index in [1.54, 1.807) is 7.11 Å². The third kappa shape index (κ3) is 7.14. The van der Waals surface area contributed by atoms with E-state index >= 15 is 0 Å². The van der Waals surface area contributed by atoms with Gasteiger partial charge in [-0.1, -0.05) is 42.5 Å². The van der Waals surface area contributed by atoms with Crippen molar-refractivity contribution in [3.63, 3.8) is 0 Å². The lowest BCUT2D eigenvalue weighted by atomic mass is 10.2. The van der Waals surface area contributed by atoms with E-state index in [4.69, 9.17) is 4.74 Å². The molecule has 1 rings (SSSR count). The fourth-order valence-corrected chi connectivity index (χ4v) is 1.12. The molecule has 3 heteroatoms. The van der Waals surface area contributed by atoms with Crippen molar-refractivity contribution in [2.24, 2.45) is 0 Å². The largest absolute Gasteiger partial charge is 0.383 e. The van der Waals surface area contributed by atoms with Crippen LogP contribution in [0.5, 0.6) is 0 Å². The molecule has 0 heterocycles. The van der Waals surface area contributed by atoms with Gasteiger partial charge in [0.15, 0.2) is 0 Å². The van der Waals surface area contributed by atoms with Crippen molar-refractivity contribution in [3.05, 3.63) is 42.0 Å². The van der Waals surface area contributed by atoms with E-state index in [1.807, 2.05) is 18.2 Å². The van der Waals surface area contributed by atoms with Gasteiger partial charge in [0.05, 0.1) is 6.61 Å². The molecule has 0 unspecified atom stereocenters. The quantitative estimate of drug-likeness (QED) is 0.754. The van der Waals surface area contributed by atoms with Gasteiger partial charge in [0, 0.05) is 20.2 Å². The number of ether oxygens (including phenoxy) is 1. The number of methoxy groups -OCH3 is 1. The Labute approximate surface area is 97.7 Å². The number of benzene rings is 1. The predicted octanol–water partition coefficient (Wildman–Crippen LogP) is 2.36. The molecule has 1 aromatic carbocycles. The molecule has 0 saturated heterocycles. The Morgan fingerprint density at radius 3 is 2.67 bits per heavy atom. The molecule has 84 valence electrons. The molecule has 1 N–H and O–H groups in total. The highest BCUT2D eigenvalue weighted by Gasteiger charge is 1.83. The van der Waals surface area contributed by atoms with Crippen LogP contribution in [0.4, 0.5) is 0 Å². The van der Waals surface area contributed by atoms with Crippen molar-refractivity contribution in [1.82, 2.24) is 5.32 Å². The van der Waals surface area contributed by atoms with Gasteiger partial charge in [0.2, 0.25) is 0 Å². The molecule has 0 saturated carbocycles. The maximum atomic E-state index is 4.92. The zero-order chi connectivity index (χ0) is 10.1. The van der Waals surface area contributed by atoms with Crippen molar-refractivity contribution in [3.8, 4) is 0 Å². The maximum absolute atomic E-state index is 4.92. The molecule has 0 bridgehead atoms. The Balaban J connectivity index is 0.00000196. The maximum Gasteiger partial charge on any atom is 0.0587 e. The van der Waals surface area contributed by atoms with Crippen LogP contribution in [-0.4, -0.2) is 26.8 Å². The molecule has 0 radical (unpaired) electrons. The van der Waals surface area contributed by atoms with Crippen molar-refractivity contribution >= 4 is 18.5 Å². The smallest absolute Gasteiger partial charge is 0.0587 e. The molecular weight excluding hydrogens is 210 g/mol. The highest BCUT2D eigenvalue weighted by molar-refractivity contribution is 5.85. The molecule has 0 aliphatic rings. The number of hydrogen-bond acceptors (Lipinski definition) is 2. The third-order valence-corrected chi connectivity index (χ3v) is 1.86. The summed E-state index contributed by atoms with van der Waals surface area (Å²) < 4.78 is 4.92. The number of halogens is 1. The second-order valence-corrected chi connectivity index (χ2v) is 3.01. The molecular formula is C12H18ClNO. The first-order chi connectivity index (χ1) is 6.93. The summed E-state index contributed by atoms with van der Waals surface area (Å²) in [5.41, 5.74) is 1.24. The summed E-state index contributed by atoms with van der Waals surface area (Å²) in [6.07, 6.45) is 4.23. The molecule has 0 spiro atoms. The molecule has 0 aliphatic carbocycles. The Morgan fingerprint density at radius 2 is 2.00 bits per heavy atom. The number of hydrogen-bond donors (Lipinski definition) is 1. The van der Waals surface area contributed by atoms with Crippen LogP contribution in [0.15, 0.2) is 36.4 Å². The van der Waals surface area contributed by atoms with E-state index in [0.717, 1.165) is 19.7 Å². The molecule has 0 amide bonds. The normalized spacial score (nSPS) is 10.2. The van der Waals surface area contributed by atoms with E-state index in [9.17, 15) is 0 Å². The summed E-state index contributed by atoms with van der Waals surface area (Å²) in [6.45, 7) is 2.55. The predicted molar refractivity (Wildman–Crippen MR) is 67.5 cm³/mol. The Bertz CT molecular complexity index is 262. The summed E-state index contributed by atoms with van der Waals surface area (Å²) in [7, 11) is 1.71. The Morgan fingerprint density at radius 1 is 1.27 bits per heavy atom. The zero-order valence-electron chi connectivity index (χ0n) is 8.98. The van der Waals surface area contributed by atoms with Crippen LogP contribution in [0.2, 0.25) is 0 Å². The lowest BCUT2D eigenvalue weighted by Gasteiger charge is -1.98. The van der Waals surface area contributed by atoms with Gasteiger partial charge < -0.3 is 10.1 Å². The summed E-state index contributed by atoms with van der Waals surface area (Å²) in [5, 5.41) is 3.24. The second kappa shape index (κ2) is 9.71. The van der Waals surface area contributed by atoms with Crippen LogP contribution in [0, 0.1) is 0 Å². The minimum absolute atomic E-state index is 0. The molecule has 0 fully saturated rings. The number of rotatable bonds is 6. The summed E-state index contributed by atoms with van der Waals surface area (Å²) >= 11 is 0. The lowest BCUT2D eigenvalue weighted by molar-refractivity contribution is 0.200. The topological polar surface area (TPSA) is 21.3 Å². The third-order valence-electron chi connectivity index (χ3n) is 1.86. The molecule has 0 aliphatic heterocycles. The minimum atomic E-state index is 0. The van der Waals surface area contributed by atoms with E-state index in [0.29, 0.717) is 0 Å². The minimum Gasteiger partial charge on any atom is -0.383 e. The van der Waals surface area contributed by atoms with Crippen molar-refractivity contribution in [2.75, 3.05) is 26.8 Å². The van der Waals surface area contributed by atoms with Crippen LogP contribution in [0.25, 0.3) is 6.08 Å². The lowest BCUT2D eigenvalue weighted by Crippen LogP contribution is -2.18. The van der Waals surface area contributed by atoms with Gasteiger partial charge in [0.1, 0.15) is 0 Å². The van der Waals surface area contributed by atoms with Crippen molar-refractivity contribution in [1.29, 1.82) is 0 Å². The summed E-state index contributed by atoms with van der Waals surface area (Å²) in [5.74, 6) is 0. The molecule has 15 heavy (non-hydrogen) atoms. The zero-order valence-corrected chi connectivity index (χ0v) is 9.80. The Hall–Kier alpha value is -0.830. The van der Waals surface area contributed by atoms with Crippen LogP contribution < -0.4 is 5.32 Å². The molecule has 0 atom stereocenters. The average Bonchev–Trinajstić information content (AvgIpc) is 2.25. The molecule has 0 aromatic heterocycles. The summed E-state index contributed by atoms with van der Waals surface area (Å²) in [6, 6.07) is 10.3. The van der Waals surface area contributed by atoms with Crippen molar-refractivity contribution in [2.45, 2.75) is 0 Å². The summed E-state index contributed by atoms with van der Waals surface area (Å²) in [4.78, 5) is 0. The van der Waals surface area contributed by atoms with Gasteiger partial charge in [-0.15, -0.1) is 12.4 Å².